The van der Waals surface area contributed by atoms with Gasteiger partial charge in [-0.15, -0.1) is 0 Å². The molecule has 0 aliphatic rings. The zero-order chi connectivity index (χ0) is 30.2. The number of carbonyl (C=O) groups excluding carboxylic acids is 1. The first-order valence-electron chi connectivity index (χ1n) is 14.5. The number of carbonyl (C=O) groups is 1. The summed E-state index contributed by atoms with van der Waals surface area (Å²) in [4.78, 5) is 35.0. The predicted octanol–water partition coefficient (Wildman–Crippen LogP) is 7.02. The number of rotatable bonds is 11. The van der Waals surface area contributed by atoms with E-state index in [9.17, 15) is 9.59 Å². The summed E-state index contributed by atoms with van der Waals surface area (Å²) in [7, 11) is 1.58. The van der Waals surface area contributed by atoms with Crippen molar-refractivity contribution < 1.29 is 14.3 Å². The summed E-state index contributed by atoms with van der Waals surface area (Å²) >= 11 is 0. The predicted molar refractivity (Wildman–Crippen MR) is 170 cm³/mol. The highest BCUT2D eigenvalue weighted by atomic mass is 16.5. The Morgan fingerprint density at radius 1 is 0.907 bits per heavy atom. The number of methoxy groups -OCH3 is 1. The summed E-state index contributed by atoms with van der Waals surface area (Å²) in [6.45, 7) is 4.89. The molecule has 4 aromatic carbocycles. The number of nitrogens with zero attached hydrogens (tertiary/aromatic N) is 3. The summed E-state index contributed by atoms with van der Waals surface area (Å²) in [5.41, 5.74) is 2.66. The van der Waals surface area contributed by atoms with Crippen molar-refractivity contribution in [1.82, 2.24) is 14.5 Å². The fraction of sp³-hybridized carbons (Fsp3) is 0.229. The number of nitrogens with one attached hydrogen (secondary N) is 1. The number of ether oxygens (including phenoxy) is 2. The molecule has 0 saturated carbocycles. The molecular weight excluding hydrogens is 540 g/mol. The van der Waals surface area contributed by atoms with Crippen LogP contribution in [0.2, 0.25) is 0 Å². The molecule has 8 heteroatoms. The summed E-state index contributed by atoms with van der Waals surface area (Å²) in [5.74, 6) is 1.73. The molecule has 1 N–H and O–H groups in total. The molecular formula is C35H36N4O4. The van der Waals surface area contributed by atoms with Crippen LogP contribution in [0.5, 0.6) is 11.5 Å². The second kappa shape index (κ2) is 13.7. The topological polar surface area (TPSA) is 85.7 Å². The minimum absolute atomic E-state index is 0.224. The highest BCUT2D eigenvalue weighted by Crippen LogP contribution is 2.30. The van der Waals surface area contributed by atoms with Crippen molar-refractivity contribution in [3.05, 3.63) is 125 Å². The van der Waals surface area contributed by atoms with Crippen molar-refractivity contribution >= 4 is 22.6 Å². The van der Waals surface area contributed by atoms with E-state index in [1.54, 1.807) is 22.6 Å². The Morgan fingerprint density at radius 3 is 2.33 bits per heavy atom. The molecule has 0 bridgehead atoms. The third-order valence-electron chi connectivity index (χ3n) is 7.35. The average Bonchev–Trinajstić information content (AvgIpc) is 3.04. The Labute approximate surface area is 251 Å². The van der Waals surface area contributed by atoms with Gasteiger partial charge in [0.25, 0.3) is 5.56 Å². The molecule has 0 aliphatic heterocycles. The maximum Gasteiger partial charge on any atom is 0.322 e. The lowest BCUT2D eigenvalue weighted by atomic mass is 10.1. The zero-order valence-corrected chi connectivity index (χ0v) is 24.7. The van der Waals surface area contributed by atoms with E-state index < -0.39 is 6.04 Å². The highest BCUT2D eigenvalue weighted by Gasteiger charge is 2.30. The number of hydrogen-bond donors (Lipinski definition) is 1. The molecule has 0 saturated heterocycles. The van der Waals surface area contributed by atoms with Crippen LogP contribution in [0.1, 0.15) is 37.7 Å². The first kappa shape index (κ1) is 29.4. The van der Waals surface area contributed by atoms with Gasteiger partial charge in [-0.25, -0.2) is 9.78 Å². The van der Waals surface area contributed by atoms with E-state index in [4.69, 9.17) is 14.5 Å². The van der Waals surface area contributed by atoms with Crippen molar-refractivity contribution in [3.63, 3.8) is 0 Å². The Balaban J connectivity index is 1.62. The molecule has 220 valence electrons. The van der Waals surface area contributed by atoms with Crippen molar-refractivity contribution in [2.45, 2.75) is 32.7 Å². The van der Waals surface area contributed by atoms with Crippen LogP contribution in [-0.4, -0.2) is 40.7 Å². The number of benzene rings is 4. The van der Waals surface area contributed by atoms with Crippen molar-refractivity contribution in [3.8, 4) is 17.2 Å². The van der Waals surface area contributed by atoms with Gasteiger partial charge >= 0.3 is 6.03 Å². The summed E-state index contributed by atoms with van der Waals surface area (Å²) in [5, 5.41) is 3.54. The van der Waals surface area contributed by atoms with E-state index in [-0.39, 0.29) is 11.6 Å². The van der Waals surface area contributed by atoms with E-state index in [0.717, 1.165) is 11.3 Å². The van der Waals surface area contributed by atoms with Gasteiger partial charge in [0.15, 0.2) is 0 Å². The second-order valence-electron chi connectivity index (χ2n) is 10.0. The number of aromatic nitrogens is 2. The molecule has 0 fully saturated rings. The van der Waals surface area contributed by atoms with E-state index >= 15 is 0 Å². The minimum atomic E-state index is -0.534. The lowest BCUT2D eigenvalue weighted by Crippen LogP contribution is -2.42. The normalized spacial score (nSPS) is 11.6. The lowest BCUT2D eigenvalue weighted by molar-refractivity contribution is 0.182. The first-order chi connectivity index (χ1) is 21.0. The second-order valence-corrected chi connectivity index (χ2v) is 10.0. The maximum atomic E-state index is 14.1. The van der Waals surface area contributed by atoms with E-state index in [1.165, 1.54) is 0 Å². The number of fused-ring (bicyclic) bond motifs is 1. The molecule has 43 heavy (non-hydrogen) atoms. The third kappa shape index (κ3) is 6.54. The molecule has 1 heterocycles. The fourth-order valence-electron chi connectivity index (χ4n) is 5.25. The van der Waals surface area contributed by atoms with Gasteiger partial charge in [-0.05, 0) is 73.9 Å². The van der Waals surface area contributed by atoms with Gasteiger partial charge in [0.2, 0.25) is 0 Å². The van der Waals surface area contributed by atoms with Gasteiger partial charge in [0.1, 0.15) is 17.3 Å². The molecule has 8 nitrogen and oxygen atoms in total. The quantitative estimate of drug-likeness (QED) is 0.183. The smallest absolute Gasteiger partial charge is 0.322 e. The van der Waals surface area contributed by atoms with Crippen LogP contribution in [-0.2, 0) is 6.42 Å². The van der Waals surface area contributed by atoms with E-state index in [2.05, 4.69) is 5.32 Å². The molecule has 1 atom stereocenters. The van der Waals surface area contributed by atoms with Crippen LogP contribution >= 0.6 is 0 Å². The van der Waals surface area contributed by atoms with Crippen LogP contribution in [0.4, 0.5) is 10.5 Å². The van der Waals surface area contributed by atoms with Gasteiger partial charge in [-0.1, -0.05) is 61.5 Å². The lowest BCUT2D eigenvalue weighted by Gasteiger charge is -2.32. The number of hydrogen-bond acceptors (Lipinski definition) is 5. The molecule has 0 spiro atoms. The summed E-state index contributed by atoms with van der Waals surface area (Å²) in [6.07, 6.45) is 1.14. The molecule has 5 rings (SSSR count). The Hall–Kier alpha value is -5.11. The van der Waals surface area contributed by atoms with Crippen molar-refractivity contribution in [1.29, 1.82) is 0 Å². The van der Waals surface area contributed by atoms with Crippen LogP contribution in [0.25, 0.3) is 16.6 Å². The SMILES string of the molecule is CCOc1ccc(NC(=O)N(CCc2ccccc2)C(CC)c2nc3ccccc3c(=O)n2-c2ccccc2OC)cc1. The largest absolute Gasteiger partial charge is 0.495 e. The van der Waals surface area contributed by atoms with Gasteiger partial charge < -0.3 is 19.7 Å². The number of anilines is 1. The first-order valence-corrected chi connectivity index (χ1v) is 14.5. The highest BCUT2D eigenvalue weighted by molar-refractivity contribution is 5.89. The molecule has 0 aliphatic carbocycles. The molecule has 2 amide bonds. The van der Waals surface area contributed by atoms with Gasteiger partial charge in [-0.2, -0.15) is 0 Å². The Bertz CT molecular complexity index is 1740. The van der Waals surface area contributed by atoms with Gasteiger partial charge in [0.05, 0.1) is 36.3 Å². The monoisotopic (exact) mass is 576 g/mol. The van der Waals surface area contributed by atoms with Crippen molar-refractivity contribution in [2.75, 3.05) is 25.6 Å². The Kier molecular flexibility index (Phi) is 9.36. The average molecular weight is 577 g/mol. The van der Waals surface area contributed by atoms with Crippen LogP contribution in [0.15, 0.2) is 108 Å². The summed E-state index contributed by atoms with van der Waals surface area (Å²) in [6, 6.07) is 31.1. The van der Waals surface area contributed by atoms with Crippen LogP contribution < -0.4 is 20.3 Å². The third-order valence-corrected chi connectivity index (χ3v) is 7.35. The molecule has 1 unspecified atom stereocenters. The molecule has 1 aromatic heterocycles. The molecule has 5 aromatic rings. The van der Waals surface area contributed by atoms with Crippen LogP contribution in [0.3, 0.4) is 0 Å². The van der Waals surface area contributed by atoms with Crippen molar-refractivity contribution in [2.24, 2.45) is 0 Å². The van der Waals surface area contributed by atoms with Gasteiger partial charge in [-0.3, -0.25) is 9.36 Å². The minimum Gasteiger partial charge on any atom is -0.495 e. The number of para-hydroxylation sites is 3. The van der Waals surface area contributed by atoms with E-state index in [0.29, 0.717) is 59.8 Å². The molecule has 0 radical (unpaired) electrons. The van der Waals surface area contributed by atoms with E-state index in [1.807, 2.05) is 111 Å². The number of amides is 2. The van der Waals surface area contributed by atoms with Crippen LogP contribution in [0, 0.1) is 0 Å². The van der Waals surface area contributed by atoms with Gasteiger partial charge in [0, 0.05) is 12.2 Å². The standard InChI is InChI=1S/C35H36N4O4/c1-4-30(33-37-29-16-10-9-15-28(29)34(40)39(33)31-17-11-12-18-32(31)42-3)38(24-23-25-13-7-6-8-14-25)35(41)36-26-19-21-27(22-20-26)43-5-2/h6-22,30H,4-5,23-24H2,1-3H3,(H,36,41). The Morgan fingerprint density at radius 2 is 1.60 bits per heavy atom. The summed E-state index contributed by atoms with van der Waals surface area (Å²) < 4.78 is 12.8. The fourth-order valence-corrected chi connectivity index (χ4v) is 5.25. The zero-order valence-electron chi connectivity index (χ0n) is 24.7. The maximum absolute atomic E-state index is 14.1. The number of urea groups is 1.